The molecule has 0 unspecified atom stereocenters. The number of amides is 2. The van der Waals surface area contributed by atoms with E-state index >= 15 is 0 Å². The lowest BCUT2D eigenvalue weighted by Crippen LogP contribution is -2.51. The summed E-state index contributed by atoms with van der Waals surface area (Å²) >= 11 is 0. The number of nitrogens with one attached hydrogen (secondary N) is 1. The van der Waals surface area contributed by atoms with Gasteiger partial charge in [0.05, 0.1) is 0 Å². The van der Waals surface area contributed by atoms with Crippen molar-refractivity contribution < 1.29 is 14.3 Å². The van der Waals surface area contributed by atoms with Gasteiger partial charge in [-0.05, 0) is 62.6 Å². The number of likely N-dealkylation sites (N-methyl/N-ethyl adjacent to an activating group) is 1. The first-order valence-electron chi connectivity index (χ1n) is 10.8. The van der Waals surface area contributed by atoms with Gasteiger partial charge in [-0.3, -0.25) is 9.69 Å². The Labute approximate surface area is 176 Å². The van der Waals surface area contributed by atoms with Gasteiger partial charge in [0, 0.05) is 12.7 Å². The van der Waals surface area contributed by atoms with Crippen LogP contribution in [0.25, 0.3) is 0 Å². The number of carbonyl (C=O) groups excluding carboxylic acids is 2. The lowest BCUT2D eigenvalue weighted by Gasteiger charge is -2.36. The molecule has 0 radical (unpaired) electrons. The van der Waals surface area contributed by atoms with Gasteiger partial charge in [0.15, 0.2) is 0 Å². The van der Waals surface area contributed by atoms with E-state index in [2.05, 4.69) is 26.1 Å². The summed E-state index contributed by atoms with van der Waals surface area (Å²) in [7, 11) is 1.68. The number of hydrogen-bond donors (Lipinski definition) is 1. The first-order valence-corrected chi connectivity index (χ1v) is 10.8. The number of benzene rings is 1. The summed E-state index contributed by atoms with van der Waals surface area (Å²) in [5, 5.41) is 3.03. The summed E-state index contributed by atoms with van der Waals surface area (Å²) in [6.45, 7) is 12.0. The van der Waals surface area contributed by atoms with Crippen molar-refractivity contribution in [2.24, 2.45) is 5.92 Å². The minimum Gasteiger partial charge on any atom is -0.444 e. The Morgan fingerprint density at radius 3 is 2.03 bits per heavy atom. The van der Waals surface area contributed by atoms with Crippen LogP contribution in [0.4, 0.5) is 10.5 Å². The minimum absolute atomic E-state index is 0.0596. The van der Waals surface area contributed by atoms with Crippen LogP contribution >= 0.6 is 0 Å². The third-order valence-electron chi connectivity index (χ3n) is 5.48. The second-order valence-corrected chi connectivity index (χ2v) is 10.3. The van der Waals surface area contributed by atoms with E-state index in [0.717, 1.165) is 31.4 Å². The summed E-state index contributed by atoms with van der Waals surface area (Å²) in [6.07, 6.45) is 4.83. The maximum Gasteiger partial charge on any atom is 0.410 e. The van der Waals surface area contributed by atoms with Crippen LogP contribution in [-0.4, -0.2) is 35.6 Å². The lowest BCUT2D eigenvalue weighted by atomic mass is 9.83. The molecule has 0 saturated heterocycles. The predicted molar refractivity (Wildman–Crippen MR) is 118 cm³/mol. The van der Waals surface area contributed by atoms with Crippen molar-refractivity contribution in [3.63, 3.8) is 0 Å². The monoisotopic (exact) mass is 402 g/mol. The largest absolute Gasteiger partial charge is 0.444 e. The molecule has 0 heterocycles. The third-order valence-corrected chi connectivity index (χ3v) is 5.48. The second kappa shape index (κ2) is 9.19. The molecule has 0 aliphatic heterocycles. The number of anilines is 1. The molecule has 1 aromatic rings. The number of hydrogen-bond acceptors (Lipinski definition) is 3. The Bertz CT molecular complexity index is 692. The van der Waals surface area contributed by atoms with Crippen LogP contribution in [0.15, 0.2) is 24.3 Å². The highest BCUT2D eigenvalue weighted by Gasteiger charge is 2.37. The number of carbonyl (C=O) groups is 2. The van der Waals surface area contributed by atoms with E-state index in [-0.39, 0.29) is 17.2 Å². The molecule has 0 spiro atoms. The van der Waals surface area contributed by atoms with Gasteiger partial charge in [-0.2, -0.15) is 0 Å². The molecule has 5 heteroatoms. The standard InChI is InChI=1S/C24H38N2O3/c1-23(2,3)18-13-15-19(16-14-18)25-21(27)20(17-11-9-8-10-12-17)26(7)22(28)29-24(4,5)6/h13-17,20H,8-12H2,1-7H3,(H,25,27)/t20-/m0/s1. The van der Waals surface area contributed by atoms with E-state index < -0.39 is 17.7 Å². The Balaban J connectivity index is 2.19. The Morgan fingerprint density at radius 2 is 1.55 bits per heavy atom. The van der Waals surface area contributed by atoms with Crippen molar-refractivity contribution in [2.75, 3.05) is 12.4 Å². The van der Waals surface area contributed by atoms with Gasteiger partial charge in [-0.25, -0.2) is 4.79 Å². The first-order chi connectivity index (χ1) is 13.4. The molecule has 1 N–H and O–H groups in total. The Hall–Kier alpha value is -2.04. The average molecular weight is 403 g/mol. The molecule has 1 aliphatic carbocycles. The van der Waals surface area contributed by atoms with Crippen LogP contribution in [0.3, 0.4) is 0 Å². The molecule has 1 aromatic carbocycles. The molecule has 2 amide bonds. The SMILES string of the molecule is CN(C(=O)OC(C)(C)C)[C@H](C(=O)Nc1ccc(C(C)(C)C)cc1)C1CCCCC1. The highest BCUT2D eigenvalue weighted by Crippen LogP contribution is 2.30. The van der Waals surface area contributed by atoms with E-state index in [1.807, 2.05) is 45.0 Å². The van der Waals surface area contributed by atoms with Gasteiger partial charge >= 0.3 is 6.09 Å². The van der Waals surface area contributed by atoms with E-state index in [1.165, 1.54) is 16.9 Å². The molecular weight excluding hydrogens is 364 g/mol. The van der Waals surface area contributed by atoms with Crippen molar-refractivity contribution in [1.82, 2.24) is 4.90 Å². The van der Waals surface area contributed by atoms with Crippen molar-refractivity contribution >= 4 is 17.7 Å². The zero-order valence-corrected chi connectivity index (χ0v) is 19.2. The van der Waals surface area contributed by atoms with Gasteiger partial charge in [0.25, 0.3) is 0 Å². The fourth-order valence-corrected chi connectivity index (χ4v) is 3.87. The molecule has 29 heavy (non-hydrogen) atoms. The average Bonchev–Trinajstić information content (AvgIpc) is 2.61. The van der Waals surface area contributed by atoms with E-state index in [1.54, 1.807) is 7.05 Å². The molecule has 0 aromatic heterocycles. The van der Waals surface area contributed by atoms with Gasteiger partial charge in [0.2, 0.25) is 5.91 Å². The van der Waals surface area contributed by atoms with Gasteiger partial charge in [-0.1, -0.05) is 52.2 Å². The predicted octanol–water partition coefficient (Wildman–Crippen LogP) is 5.74. The summed E-state index contributed by atoms with van der Waals surface area (Å²) in [5.74, 6) is 0.00360. The minimum atomic E-state index is -0.596. The highest BCUT2D eigenvalue weighted by atomic mass is 16.6. The second-order valence-electron chi connectivity index (χ2n) is 10.3. The number of ether oxygens (including phenoxy) is 1. The Morgan fingerprint density at radius 1 is 1.00 bits per heavy atom. The smallest absolute Gasteiger partial charge is 0.410 e. The van der Waals surface area contributed by atoms with E-state index in [9.17, 15) is 9.59 Å². The maximum atomic E-state index is 13.2. The molecule has 0 bridgehead atoms. The number of rotatable bonds is 4. The van der Waals surface area contributed by atoms with Crippen LogP contribution in [0.5, 0.6) is 0 Å². The zero-order chi connectivity index (χ0) is 21.8. The van der Waals surface area contributed by atoms with Crippen molar-refractivity contribution in [3.8, 4) is 0 Å². The molecule has 1 aliphatic rings. The maximum absolute atomic E-state index is 13.2. The molecule has 5 nitrogen and oxygen atoms in total. The topological polar surface area (TPSA) is 58.6 Å². The molecule has 2 rings (SSSR count). The van der Waals surface area contributed by atoms with Crippen LogP contribution in [0.1, 0.15) is 79.2 Å². The van der Waals surface area contributed by atoms with E-state index in [4.69, 9.17) is 4.74 Å². The van der Waals surface area contributed by atoms with Crippen molar-refractivity contribution in [3.05, 3.63) is 29.8 Å². The van der Waals surface area contributed by atoms with Crippen LogP contribution in [0, 0.1) is 5.92 Å². The molecular formula is C24H38N2O3. The zero-order valence-electron chi connectivity index (χ0n) is 19.2. The summed E-state index contributed by atoms with van der Waals surface area (Å²) < 4.78 is 5.53. The molecule has 1 atom stereocenters. The molecule has 162 valence electrons. The first kappa shape index (κ1) is 23.2. The van der Waals surface area contributed by atoms with Gasteiger partial charge in [0.1, 0.15) is 11.6 Å². The number of nitrogens with zero attached hydrogens (tertiary/aromatic N) is 1. The molecule has 1 saturated carbocycles. The summed E-state index contributed by atoms with van der Waals surface area (Å²) in [4.78, 5) is 27.4. The fraction of sp³-hybridized carbons (Fsp3) is 0.667. The normalized spacial score (nSPS) is 16.8. The van der Waals surface area contributed by atoms with Gasteiger partial charge in [-0.15, -0.1) is 0 Å². The van der Waals surface area contributed by atoms with Crippen LogP contribution in [-0.2, 0) is 14.9 Å². The van der Waals surface area contributed by atoms with Crippen molar-refractivity contribution in [2.45, 2.75) is 90.7 Å². The fourth-order valence-electron chi connectivity index (χ4n) is 3.87. The van der Waals surface area contributed by atoms with E-state index in [0.29, 0.717) is 0 Å². The van der Waals surface area contributed by atoms with Crippen LogP contribution < -0.4 is 5.32 Å². The lowest BCUT2D eigenvalue weighted by molar-refractivity contribution is -0.123. The van der Waals surface area contributed by atoms with Crippen LogP contribution in [0.2, 0.25) is 0 Å². The summed E-state index contributed by atoms with van der Waals surface area (Å²) in [6, 6.07) is 7.42. The summed E-state index contributed by atoms with van der Waals surface area (Å²) in [5.41, 5.74) is 1.43. The van der Waals surface area contributed by atoms with Gasteiger partial charge < -0.3 is 10.1 Å². The highest BCUT2D eigenvalue weighted by molar-refractivity contribution is 5.96. The quantitative estimate of drug-likeness (QED) is 0.699. The third kappa shape index (κ3) is 6.76. The van der Waals surface area contributed by atoms with Crippen molar-refractivity contribution in [1.29, 1.82) is 0 Å². The Kier molecular flexibility index (Phi) is 7.36. The molecule has 1 fully saturated rings.